The Balaban J connectivity index is 2.43. The van der Waals surface area contributed by atoms with Gasteiger partial charge in [0.15, 0.2) is 24.5 Å². The van der Waals surface area contributed by atoms with E-state index in [1.165, 1.54) is 13.8 Å². The van der Waals surface area contributed by atoms with Gasteiger partial charge in [-0.3, -0.25) is 19.2 Å². The minimum Gasteiger partial charge on any atom is -0.463 e. The van der Waals surface area contributed by atoms with Crippen LogP contribution in [-0.2, 0) is 42.9 Å². The van der Waals surface area contributed by atoms with Crippen LogP contribution < -0.4 is 5.32 Å². The number of hydrogen-bond acceptors (Lipinski definition) is 10. The van der Waals surface area contributed by atoms with Crippen molar-refractivity contribution < 1.29 is 42.9 Å². The van der Waals surface area contributed by atoms with E-state index in [9.17, 15) is 19.2 Å². The van der Waals surface area contributed by atoms with Gasteiger partial charge in [0.2, 0.25) is 0 Å². The zero-order valence-corrected chi connectivity index (χ0v) is 19.1. The molecule has 1 aromatic carbocycles. The minimum atomic E-state index is -1.26. The molecule has 1 aromatic rings. The number of ether oxygens (including phenoxy) is 5. The lowest BCUT2D eigenvalue weighted by atomic mass is 9.97. The highest BCUT2D eigenvalue weighted by Gasteiger charge is 2.52. The van der Waals surface area contributed by atoms with Gasteiger partial charge in [-0.05, 0) is 19.1 Å². The molecule has 5 atom stereocenters. The number of anilines is 1. The molecular formula is C22H28N2O9. The predicted octanol–water partition coefficient (Wildman–Crippen LogP) is 1.60. The number of carbonyl (C=O) groups excluding carboxylic acids is 4. The number of esters is 4. The van der Waals surface area contributed by atoms with Crippen molar-refractivity contribution in [1.29, 1.82) is 0 Å². The van der Waals surface area contributed by atoms with E-state index in [-0.39, 0.29) is 6.61 Å². The molecule has 11 heteroatoms. The summed E-state index contributed by atoms with van der Waals surface area (Å²) >= 11 is 0. The molecule has 0 aliphatic carbocycles. The summed E-state index contributed by atoms with van der Waals surface area (Å²) in [5.41, 5.74) is 0.754. The summed E-state index contributed by atoms with van der Waals surface area (Å²) in [7, 11) is 0. The van der Waals surface area contributed by atoms with Gasteiger partial charge in [-0.15, -0.1) is 0 Å². The number of amidine groups is 1. The van der Waals surface area contributed by atoms with E-state index in [1.54, 1.807) is 6.92 Å². The van der Waals surface area contributed by atoms with Crippen molar-refractivity contribution in [2.24, 2.45) is 4.99 Å². The molecule has 0 aromatic heterocycles. The number of nitrogens with zero attached hydrogens (tertiary/aromatic N) is 1. The normalized spacial score (nSPS) is 24.9. The Kier molecular flexibility index (Phi) is 9.34. The highest BCUT2D eigenvalue weighted by molar-refractivity contribution is 5.93. The molecule has 1 N–H and O–H groups in total. The third-order valence-electron chi connectivity index (χ3n) is 4.39. The zero-order chi connectivity index (χ0) is 24.5. The summed E-state index contributed by atoms with van der Waals surface area (Å²) in [6, 6.07) is 9.18. The largest absolute Gasteiger partial charge is 0.463 e. The molecule has 0 bridgehead atoms. The van der Waals surface area contributed by atoms with Gasteiger partial charge < -0.3 is 29.0 Å². The van der Waals surface area contributed by atoms with Crippen LogP contribution in [0.15, 0.2) is 35.3 Å². The first kappa shape index (κ1) is 25.8. The van der Waals surface area contributed by atoms with E-state index >= 15 is 0 Å². The number of hydrogen-bond donors (Lipinski definition) is 1. The molecule has 1 fully saturated rings. The molecule has 2 rings (SSSR count). The molecule has 0 saturated carbocycles. The van der Waals surface area contributed by atoms with Crippen LogP contribution >= 0.6 is 0 Å². The van der Waals surface area contributed by atoms with Gasteiger partial charge in [-0.25, -0.2) is 4.99 Å². The van der Waals surface area contributed by atoms with Gasteiger partial charge in [0, 0.05) is 33.4 Å². The fourth-order valence-electron chi connectivity index (χ4n) is 3.26. The van der Waals surface area contributed by atoms with Crippen molar-refractivity contribution in [2.75, 3.05) is 11.9 Å². The third kappa shape index (κ3) is 8.19. The number of rotatable bonds is 7. The number of para-hydroxylation sites is 1. The van der Waals surface area contributed by atoms with E-state index < -0.39 is 54.5 Å². The average Bonchev–Trinajstić information content (AvgIpc) is 2.70. The highest BCUT2D eigenvalue weighted by atomic mass is 16.7. The number of aliphatic imine (C=N–C) groups is 1. The molecular weight excluding hydrogens is 436 g/mol. The van der Waals surface area contributed by atoms with Gasteiger partial charge in [0.1, 0.15) is 18.5 Å². The quantitative estimate of drug-likeness (QED) is 0.274. The molecule has 0 unspecified atom stereocenters. The first-order valence-corrected chi connectivity index (χ1v) is 10.2. The van der Waals surface area contributed by atoms with Crippen LogP contribution in [0.4, 0.5) is 5.69 Å². The summed E-state index contributed by atoms with van der Waals surface area (Å²) in [6.45, 7) is 6.06. The minimum absolute atomic E-state index is 0.310. The molecule has 1 aliphatic heterocycles. The van der Waals surface area contributed by atoms with Crippen LogP contribution in [0.1, 0.15) is 34.6 Å². The van der Waals surface area contributed by atoms with E-state index in [4.69, 9.17) is 23.7 Å². The van der Waals surface area contributed by atoms with E-state index in [2.05, 4.69) is 10.3 Å². The summed E-state index contributed by atoms with van der Waals surface area (Å²) in [5.74, 6) is -2.27. The van der Waals surface area contributed by atoms with Crippen LogP contribution in [0.3, 0.4) is 0 Å². The van der Waals surface area contributed by atoms with Crippen molar-refractivity contribution in [1.82, 2.24) is 0 Å². The molecule has 0 spiro atoms. The molecule has 11 nitrogen and oxygen atoms in total. The fraction of sp³-hybridized carbons (Fsp3) is 0.500. The molecule has 1 saturated heterocycles. The molecule has 1 heterocycles. The van der Waals surface area contributed by atoms with Crippen molar-refractivity contribution in [3.05, 3.63) is 30.3 Å². The highest BCUT2D eigenvalue weighted by Crippen LogP contribution is 2.30. The second-order valence-electron chi connectivity index (χ2n) is 7.30. The van der Waals surface area contributed by atoms with Crippen LogP contribution in [-0.4, -0.2) is 67.0 Å². The van der Waals surface area contributed by atoms with Gasteiger partial charge in [-0.2, -0.15) is 0 Å². The predicted molar refractivity (Wildman–Crippen MR) is 115 cm³/mol. The second kappa shape index (κ2) is 12.0. The molecule has 33 heavy (non-hydrogen) atoms. The van der Waals surface area contributed by atoms with Crippen LogP contribution in [0.5, 0.6) is 0 Å². The fourth-order valence-corrected chi connectivity index (χ4v) is 3.26. The lowest BCUT2D eigenvalue weighted by Gasteiger charge is -2.43. The SMILES string of the molecule is CC(=O)OC[C@H]1O[C@@H](/N=C(\C)Nc2ccccc2)[C@H](OC(C)=O)[C@@H](OC(C)=O)[C@@H]1OC(C)=O. The second-order valence-corrected chi connectivity index (χ2v) is 7.30. The van der Waals surface area contributed by atoms with Gasteiger partial charge >= 0.3 is 23.9 Å². The standard InChI is InChI=1S/C22H28N2O9/c1-12(23-17-9-7-6-8-10-17)24-22-21(32-16(5)28)20(31-15(4)27)19(30-14(3)26)18(33-22)11-29-13(2)25/h6-10,18-22H,11H2,1-5H3,(H,23,24)/t18-,19-,20+,21-,22-/m1/s1. The van der Waals surface area contributed by atoms with Gasteiger partial charge in [0.25, 0.3) is 0 Å². The Morgan fingerprint density at radius 2 is 1.36 bits per heavy atom. The van der Waals surface area contributed by atoms with Crippen molar-refractivity contribution in [2.45, 2.75) is 65.3 Å². The third-order valence-corrected chi connectivity index (χ3v) is 4.39. The summed E-state index contributed by atoms with van der Waals surface area (Å²) < 4.78 is 27.1. The van der Waals surface area contributed by atoms with Crippen molar-refractivity contribution >= 4 is 35.4 Å². The molecule has 1 aliphatic rings. The number of nitrogens with one attached hydrogen (secondary N) is 1. The Hall–Kier alpha value is -3.47. The Morgan fingerprint density at radius 1 is 0.818 bits per heavy atom. The summed E-state index contributed by atoms with van der Waals surface area (Å²) in [4.78, 5) is 51.2. The maximum Gasteiger partial charge on any atom is 0.303 e. The topological polar surface area (TPSA) is 139 Å². The first-order chi connectivity index (χ1) is 15.6. The monoisotopic (exact) mass is 464 g/mol. The molecule has 0 radical (unpaired) electrons. The van der Waals surface area contributed by atoms with Crippen LogP contribution in [0, 0.1) is 0 Å². The summed E-state index contributed by atoms with van der Waals surface area (Å²) in [6.07, 6.45) is -5.93. The lowest BCUT2D eigenvalue weighted by molar-refractivity contribution is -0.250. The van der Waals surface area contributed by atoms with E-state index in [0.717, 1.165) is 19.5 Å². The van der Waals surface area contributed by atoms with E-state index in [1.807, 2.05) is 30.3 Å². The number of benzene rings is 1. The number of carbonyl (C=O) groups is 4. The Bertz CT molecular complexity index is 887. The maximum atomic E-state index is 11.8. The first-order valence-electron chi connectivity index (χ1n) is 10.2. The average molecular weight is 464 g/mol. The van der Waals surface area contributed by atoms with Crippen molar-refractivity contribution in [3.8, 4) is 0 Å². The molecule has 180 valence electrons. The zero-order valence-electron chi connectivity index (χ0n) is 19.1. The summed E-state index contributed by atoms with van der Waals surface area (Å²) in [5, 5.41) is 3.08. The van der Waals surface area contributed by atoms with Gasteiger partial charge in [-0.1, -0.05) is 18.2 Å². The van der Waals surface area contributed by atoms with Gasteiger partial charge in [0.05, 0.1) is 0 Å². The van der Waals surface area contributed by atoms with E-state index in [0.29, 0.717) is 5.84 Å². The maximum absolute atomic E-state index is 11.8. The van der Waals surface area contributed by atoms with Crippen molar-refractivity contribution in [3.63, 3.8) is 0 Å². The smallest absolute Gasteiger partial charge is 0.303 e. The van der Waals surface area contributed by atoms with Crippen LogP contribution in [0.2, 0.25) is 0 Å². The Morgan fingerprint density at radius 3 is 1.91 bits per heavy atom. The lowest BCUT2D eigenvalue weighted by Crippen LogP contribution is -2.62. The van der Waals surface area contributed by atoms with Crippen LogP contribution in [0.25, 0.3) is 0 Å². The Labute approximate surface area is 191 Å². The molecule has 0 amide bonds.